The molecule has 0 aliphatic rings. The molecular weight excluding hydrogens is 297 g/mol. The van der Waals surface area contributed by atoms with Crippen molar-refractivity contribution in [2.75, 3.05) is 7.11 Å². The summed E-state index contributed by atoms with van der Waals surface area (Å²) >= 11 is 5.07. The largest absolute Gasteiger partial charge is 0.573 e. The summed E-state index contributed by atoms with van der Waals surface area (Å²) < 4.78 is 44.6. The minimum Gasteiger partial charge on any atom is -0.480 e. The molecule has 0 N–H and O–H groups in total. The average molecular weight is 301 g/mol. The number of halogens is 4. The van der Waals surface area contributed by atoms with Crippen molar-refractivity contribution in [2.24, 2.45) is 0 Å². The molecule has 0 bridgehead atoms. The number of pyridine rings is 1. The maximum atomic E-state index is 12.2. The number of ether oxygens (including phenoxy) is 2. The van der Waals surface area contributed by atoms with Gasteiger partial charge in [0.2, 0.25) is 11.6 Å². The molecule has 0 saturated carbocycles. The first-order chi connectivity index (χ1) is 8.67. The molecule has 0 atom stereocenters. The van der Waals surface area contributed by atoms with E-state index < -0.39 is 39.4 Å². The van der Waals surface area contributed by atoms with E-state index in [0.717, 1.165) is 7.11 Å². The predicted octanol–water partition coefficient (Wildman–Crippen LogP) is 2.28. The van der Waals surface area contributed by atoms with E-state index in [1.54, 1.807) is 0 Å². The van der Waals surface area contributed by atoms with Gasteiger partial charge in [-0.05, 0) is 11.6 Å². The second-order valence-electron chi connectivity index (χ2n) is 2.94. The normalized spacial score (nSPS) is 11.0. The zero-order valence-corrected chi connectivity index (χ0v) is 9.78. The van der Waals surface area contributed by atoms with E-state index in [2.05, 4.69) is 14.5 Å². The summed E-state index contributed by atoms with van der Waals surface area (Å²) in [6.45, 7) is 0. The Labute approximate surface area is 108 Å². The van der Waals surface area contributed by atoms with Crippen LogP contribution in [0.1, 0.15) is 10.4 Å². The lowest BCUT2D eigenvalue weighted by molar-refractivity contribution is -0.389. The Morgan fingerprint density at radius 2 is 2.11 bits per heavy atom. The van der Waals surface area contributed by atoms with Crippen LogP contribution in [0.15, 0.2) is 6.20 Å². The van der Waals surface area contributed by atoms with Crippen LogP contribution in [0.25, 0.3) is 0 Å². The molecule has 19 heavy (non-hydrogen) atoms. The number of rotatable bonds is 4. The highest BCUT2D eigenvalue weighted by atomic mass is 35.5. The highest BCUT2D eigenvalue weighted by Gasteiger charge is 2.39. The van der Waals surface area contributed by atoms with Crippen LogP contribution in [0.2, 0.25) is 0 Å². The number of carbonyl (C=O) groups is 1. The second kappa shape index (κ2) is 5.26. The Bertz CT molecular complexity index is 534. The van der Waals surface area contributed by atoms with E-state index >= 15 is 0 Å². The predicted molar refractivity (Wildman–Crippen MR) is 54.3 cm³/mol. The number of methoxy groups -OCH3 is 1. The van der Waals surface area contributed by atoms with Crippen LogP contribution in [-0.4, -0.2) is 28.6 Å². The molecular formula is C8H4ClF3N2O5. The average Bonchev–Trinajstić information content (AvgIpc) is 2.25. The Hall–Kier alpha value is -2.10. The summed E-state index contributed by atoms with van der Waals surface area (Å²) in [5.41, 5.74) is -2.14. The monoisotopic (exact) mass is 300 g/mol. The van der Waals surface area contributed by atoms with E-state index in [0.29, 0.717) is 6.20 Å². The Morgan fingerprint density at radius 1 is 1.53 bits per heavy atom. The maximum absolute atomic E-state index is 12.2. The molecule has 0 spiro atoms. The molecule has 1 aromatic rings. The van der Waals surface area contributed by atoms with Crippen LogP contribution in [0.3, 0.4) is 0 Å². The standard InChI is InChI=1S/C8H4ClF3N2O5/c1-18-7-4(6(9)15)5(19-8(10,11)12)3(2-13-7)14(16)17/h2H,1H3. The van der Waals surface area contributed by atoms with Gasteiger partial charge in [0.15, 0.2) is 0 Å². The van der Waals surface area contributed by atoms with Crippen molar-refractivity contribution in [3.8, 4) is 11.6 Å². The van der Waals surface area contributed by atoms with Crippen molar-refractivity contribution in [2.45, 2.75) is 6.36 Å². The van der Waals surface area contributed by atoms with Crippen molar-refractivity contribution in [1.82, 2.24) is 4.98 Å². The van der Waals surface area contributed by atoms with E-state index in [9.17, 15) is 28.1 Å². The zero-order valence-electron chi connectivity index (χ0n) is 9.02. The fourth-order valence-corrected chi connectivity index (χ4v) is 1.31. The van der Waals surface area contributed by atoms with E-state index in [4.69, 9.17) is 11.6 Å². The van der Waals surface area contributed by atoms with Gasteiger partial charge in [0.05, 0.1) is 12.0 Å². The Morgan fingerprint density at radius 3 is 2.47 bits per heavy atom. The third-order valence-electron chi connectivity index (χ3n) is 1.78. The van der Waals surface area contributed by atoms with Gasteiger partial charge < -0.3 is 9.47 Å². The van der Waals surface area contributed by atoms with Crippen LogP contribution in [0.5, 0.6) is 11.6 Å². The molecule has 1 aromatic heterocycles. The minimum absolute atomic E-state index is 0.462. The molecule has 0 aliphatic carbocycles. The topological polar surface area (TPSA) is 91.6 Å². The number of hydrogen-bond acceptors (Lipinski definition) is 6. The van der Waals surface area contributed by atoms with Crippen LogP contribution in [0.4, 0.5) is 18.9 Å². The molecule has 0 radical (unpaired) electrons. The zero-order chi connectivity index (χ0) is 14.8. The number of aromatic nitrogens is 1. The summed E-state index contributed by atoms with van der Waals surface area (Å²) in [7, 11) is 0.995. The van der Waals surface area contributed by atoms with Crippen LogP contribution >= 0.6 is 11.6 Å². The van der Waals surface area contributed by atoms with Gasteiger partial charge in [-0.1, -0.05) is 0 Å². The summed E-state index contributed by atoms with van der Waals surface area (Å²) in [5, 5.41) is 9.17. The van der Waals surface area contributed by atoms with Crippen molar-refractivity contribution in [3.05, 3.63) is 21.9 Å². The molecule has 0 amide bonds. The summed E-state index contributed by atoms with van der Waals surface area (Å²) in [4.78, 5) is 23.8. The van der Waals surface area contributed by atoms with Gasteiger partial charge in [-0.2, -0.15) is 0 Å². The Balaban J connectivity index is 3.58. The lowest BCUT2D eigenvalue weighted by Gasteiger charge is -2.12. The fraction of sp³-hybridized carbons (Fsp3) is 0.250. The van der Waals surface area contributed by atoms with E-state index in [1.165, 1.54) is 0 Å². The van der Waals surface area contributed by atoms with Crippen LogP contribution < -0.4 is 9.47 Å². The number of hydrogen-bond donors (Lipinski definition) is 0. The van der Waals surface area contributed by atoms with Crippen LogP contribution in [0, 0.1) is 10.1 Å². The van der Waals surface area contributed by atoms with Gasteiger partial charge >= 0.3 is 12.0 Å². The highest BCUT2D eigenvalue weighted by molar-refractivity contribution is 6.68. The Kier molecular flexibility index (Phi) is 4.14. The first-order valence-corrected chi connectivity index (χ1v) is 4.72. The van der Waals surface area contributed by atoms with Gasteiger partial charge in [-0.15, -0.1) is 13.2 Å². The molecule has 0 saturated heterocycles. The summed E-state index contributed by atoms with van der Waals surface area (Å²) in [5.74, 6) is -1.99. The van der Waals surface area contributed by atoms with E-state index in [1.807, 2.05) is 0 Å². The summed E-state index contributed by atoms with van der Waals surface area (Å²) in [6, 6.07) is 0. The van der Waals surface area contributed by atoms with Crippen molar-refractivity contribution in [3.63, 3.8) is 0 Å². The van der Waals surface area contributed by atoms with Gasteiger partial charge in [-0.3, -0.25) is 14.9 Å². The SMILES string of the molecule is COc1ncc([N+](=O)[O-])c(OC(F)(F)F)c1C(=O)Cl. The van der Waals surface area contributed by atoms with Gasteiger partial charge in [0.25, 0.3) is 5.24 Å². The van der Waals surface area contributed by atoms with Crippen molar-refractivity contribution < 1.29 is 32.4 Å². The first-order valence-electron chi connectivity index (χ1n) is 4.34. The molecule has 1 rings (SSSR count). The van der Waals surface area contributed by atoms with E-state index in [-0.39, 0.29) is 0 Å². The lowest BCUT2D eigenvalue weighted by Crippen LogP contribution is -2.20. The number of nitro groups is 1. The smallest absolute Gasteiger partial charge is 0.480 e. The molecule has 0 aliphatic heterocycles. The molecule has 11 heteroatoms. The molecule has 104 valence electrons. The molecule has 1 heterocycles. The van der Waals surface area contributed by atoms with Crippen molar-refractivity contribution in [1.29, 1.82) is 0 Å². The quantitative estimate of drug-likeness (QED) is 0.481. The lowest BCUT2D eigenvalue weighted by atomic mass is 10.2. The number of alkyl halides is 3. The first kappa shape index (κ1) is 15.0. The molecule has 0 unspecified atom stereocenters. The van der Waals surface area contributed by atoms with Crippen molar-refractivity contribution >= 4 is 22.5 Å². The number of carbonyl (C=O) groups excluding carboxylic acids is 1. The van der Waals surface area contributed by atoms with Gasteiger partial charge in [0, 0.05) is 0 Å². The second-order valence-corrected chi connectivity index (χ2v) is 3.28. The number of nitrogens with zero attached hydrogens (tertiary/aromatic N) is 2. The third-order valence-corrected chi connectivity index (χ3v) is 1.97. The highest BCUT2D eigenvalue weighted by Crippen LogP contribution is 2.39. The van der Waals surface area contributed by atoms with Crippen LogP contribution in [-0.2, 0) is 0 Å². The van der Waals surface area contributed by atoms with Gasteiger partial charge in [0.1, 0.15) is 11.8 Å². The minimum atomic E-state index is -5.25. The molecule has 7 nitrogen and oxygen atoms in total. The fourth-order valence-electron chi connectivity index (χ4n) is 1.15. The molecule has 0 aromatic carbocycles. The third kappa shape index (κ3) is 3.44. The molecule has 0 fully saturated rings. The summed E-state index contributed by atoms with van der Waals surface area (Å²) in [6.07, 6.45) is -4.79. The van der Waals surface area contributed by atoms with Gasteiger partial charge in [-0.25, -0.2) is 4.98 Å². The maximum Gasteiger partial charge on any atom is 0.573 e.